The van der Waals surface area contributed by atoms with Crippen LogP contribution in [0.3, 0.4) is 0 Å². The number of nitrogens with one attached hydrogen (secondary N) is 2. The molecule has 1 fully saturated rings. The normalized spacial score (nSPS) is 14.8. The molecule has 0 saturated carbocycles. The van der Waals surface area contributed by atoms with Crippen LogP contribution >= 0.6 is 11.6 Å². The summed E-state index contributed by atoms with van der Waals surface area (Å²) in [7, 11) is 1.56. The van der Waals surface area contributed by atoms with Crippen LogP contribution < -0.4 is 15.4 Å². The van der Waals surface area contributed by atoms with E-state index in [1.807, 2.05) is 12.1 Å². The monoisotopic (exact) mass is 373 g/mol. The molecule has 0 bridgehead atoms. The highest BCUT2D eigenvalue weighted by atomic mass is 35.5. The predicted molar refractivity (Wildman–Crippen MR) is 105 cm³/mol. The lowest BCUT2D eigenvalue weighted by atomic mass is 10.1. The van der Waals surface area contributed by atoms with Gasteiger partial charge in [0, 0.05) is 38.4 Å². The van der Waals surface area contributed by atoms with E-state index >= 15 is 0 Å². The summed E-state index contributed by atoms with van der Waals surface area (Å²) in [5.41, 5.74) is 2.41. The number of hydrogen-bond acceptors (Lipinski definition) is 4. The zero-order valence-electron chi connectivity index (χ0n) is 14.9. The van der Waals surface area contributed by atoms with E-state index in [1.54, 1.807) is 25.3 Å². The average molecular weight is 374 g/mol. The lowest BCUT2D eigenvalue weighted by Crippen LogP contribution is -2.44. The van der Waals surface area contributed by atoms with Gasteiger partial charge in [0.1, 0.15) is 5.75 Å². The number of ether oxygens (including phenoxy) is 1. The number of benzene rings is 2. The van der Waals surface area contributed by atoms with Crippen molar-refractivity contribution < 1.29 is 9.53 Å². The second kappa shape index (κ2) is 9.03. The van der Waals surface area contributed by atoms with E-state index in [0.717, 1.165) is 44.8 Å². The Hall–Kier alpha value is -2.08. The van der Waals surface area contributed by atoms with Crippen molar-refractivity contribution in [3.05, 3.63) is 58.6 Å². The summed E-state index contributed by atoms with van der Waals surface area (Å²) >= 11 is 6.13. The smallest absolute Gasteiger partial charge is 0.257 e. The Labute approximate surface area is 159 Å². The third-order valence-corrected chi connectivity index (χ3v) is 4.89. The molecule has 0 radical (unpaired) electrons. The minimum absolute atomic E-state index is 0.248. The maximum Gasteiger partial charge on any atom is 0.257 e. The van der Waals surface area contributed by atoms with Gasteiger partial charge in [0.15, 0.2) is 0 Å². The highest BCUT2D eigenvalue weighted by molar-refractivity contribution is 6.34. The number of halogens is 1. The summed E-state index contributed by atoms with van der Waals surface area (Å²) in [6, 6.07) is 13.0. The van der Waals surface area contributed by atoms with Crippen LogP contribution in [0.5, 0.6) is 5.75 Å². The molecule has 0 aliphatic carbocycles. The molecule has 2 aromatic carbocycles. The van der Waals surface area contributed by atoms with Crippen LogP contribution in [0.2, 0.25) is 5.02 Å². The first kappa shape index (κ1) is 18.7. The standard InChI is InChI=1S/C20H24ClN3O2/c1-26-17-6-7-19(21)18(14-17)20(25)23-16-4-2-15(3-5-16)8-11-24-12-9-22-10-13-24/h2-7,14,22H,8-13H2,1H3,(H,23,25). The number of carbonyl (C=O) groups is 1. The topological polar surface area (TPSA) is 53.6 Å². The Kier molecular flexibility index (Phi) is 6.50. The number of amides is 1. The van der Waals surface area contributed by atoms with Crippen LogP contribution in [-0.2, 0) is 6.42 Å². The van der Waals surface area contributed by atoms with Crippen molar-refractivity contribution in [2.75, 3.05) is 45.2 Å². The molecule has 0 atom stereocenters. The molecule has 1 heterocycles. The summed E-state index contributed by atoms with van der Waals surface area (Å²) in [5, 5.41) is 6.65. The number of rotatable bonds is 6. The van der Waals surface area contributed by atoms with Crippen LogP contribution in [0, 0.1) is 0 Å². The van der Waals surface area contributed by atoms with E-state index in [0.29, 0.717) is 16.3 Å². The molecule has 1 saturated heterocycles. The molecule has 3 rings (SSSR count). The number of carbonyl (C=O) groups excluding carboxylic acids is 1. The third kappa shape index (κ3) is 4.97. The summed E-state index contributed by atoms with van der Waals surface area (Å²) in [5.74, 6) is 0.352. The van der Waals surface area contributed by atoms with Crippen molar-refractivity contribution >= 4 is 23.2 Å². The van der Waals surface area contributed by atoms with Gasteiger partial charge < -0.3 is 20.3 Å². The van der Waals surface area contributed by atoms with Crippen molar-refractivity contribution in [1.29, 1.82) is 0 Å². The minimum atomic E-state index is -0.248. The van der Waals surface area contributed by atoms with Gasteiger partial charge in [0.25, 0.3) is 5.91 Å². The summed E-state index contributed by atoms with van der Waals surface area (Å²) < 4.78 is 5.16. The molecule has 1 aliphatic rings. The molecule has 2 N–H and O–H groups in total. The average Bonchev–Trinajstić information content (AvgIpc) is 2.68. The fourth-order valence-corrected chi connectivity index (χ4v) is 3.18. The molecular weight excluding hydrogens is 350 g/mol. The zero-order chi connectivity index (χ0) is 18.4. The van der Waals surface area contributed by atoms with Gasteiger partial charge >= 0.3 is 0 Å². The van der Waals surface area contributed by atoms with Crippen molar-refractivity contribution in [3.63, 3.8) is 0 Å². The van der Waals surface area contributed by atoms with Gasteiger partial charge in [-0.05, 0) is 42.3 Å². The maximum atomic E-state index is 12.5. The van der Waals surface area contributed by atoms with Crippen molar-refractivity contribution in [3.8, 4) is 5.75 Å². The van der Waals surface area contributed by atoms with E-state index in [4.69, 9.17) is 16.3 Å². The molecular formula is C20H24ClN3O2. The molecule has 0 aromatic heterocycles. The van der Waals surface area contributed by atoms with E-state index < -0.39 is 0 Å². The van der Waals surface area contributed by atoms with Crippen molar-refractivity contribution in [2.24, 2.45) is 0 Å². The van der Waals surface area contributed by atoms with Gasteiger partial charge in [-0.1, -0.05) is 23.7 Å². The minimum Gasteiger partial charge on any atom is -0.497 e. The van der Waals surface area contributed by atoms with Crippen LogP contribution in [0.25, 0.3) is 0 Å². The van der Waals surface area contributed by atoms with Gasteiger partial charge in [-0.2, -0.15) is 0 Å². The van der Waals surface area contributed by atoms with Crippen LogP contribution in [0.15, 0.2) is 42.5 Å². The SMILES string of the molecule is COc1ccc(Cl)c(C(=O)Nc2ccc(CCN3CCNCC3)cc2)c1. The summed E-state index contributed by atoms with van der Waals surface area (Å²) in [4.78, 5) is 14.9. The number of methoxy groups -OCH3 is 1. The molecule has 26 heavy (non-hydrogen) atoms. The van der Waals surface area contributed by atoms with Gasteiger partial charge in [-0.3, -0.25) is 4.79 Å². The fraction of sp³-hybridized carbons (Fsp3) is 0.350. The van der Waals surface area contributed by atoms with Gasteiger partial charge in [0.2, 0.25) is 0 Å². The van der Waals surface area contributed by atoms with E-state index in [9.17, 15) is 4.79 Å². The Balaban J connectivity index is 1.57. The molecule has 1 aliphatic heterocycles. The van der Waals surface area contributed by atoms with Gasteiger partial charge in [-0.15, -0.1) is 0 Å². The van der Waals surface area contributed by atoms with Gasteiger partial charge in [-0.25, -0.2) is 0 Å². The predicted octanol–water partition coefficient (Wildman–Crippen LogP) is 3.05. The van der Waals surface area contributed by atoms with Crippen molar-refractivity contribution in [1.82, 2.24) is 10.2 Å². The van der Waals surface area contributed by atoms with E-state index in [1.165, 1.54) is 5.56 Å². The second-order valence-corrected chi connectivity index (χ2v) is 6.75. The fourth-order valence-electron chi connectivity index (χ4n) is 2.98. The lowest BCUT2D eigenvalue weighted by Gasteiger charge is -2.27. The number of piperazine rings is 1. The molecule has 0 unspecified atom stereocenters. The lowest BCUT2D eigenvalue weighted by molar-refractivity contribution is 0.102. The Morgan fingerprint density at radius 1 is 1.19 bits per heavy atom. The molecule has 2 aromatic rings. The summed E-state index contributed by atoms with van der Waals surface area (Å²) in [6.45, 7) is 5.41. The Morgan fingerprint density at radius 3 is 2.62 bits per heavy atom. The molecule has 138 valence electrons. The molecule has 1 amide bonds. The molecule has 5 nitrogen and oxygen atoms in total. The molecule has 6 heteroatoms. The summed E-state index contributed by atoms with van der Waals surface area (Å²) in [6.07, 6.45) is 1.01. The first-order valence-electron chi connectivity index (χ1n) is 8.82. The van der Waals surface area contributed by atoms with E-state index in [-0.39, 0.29) is 5.91 Å². The third-order valence-electron chi connectivity index (χ3n) is 4.56. The maximum absolute atomic E-state index is 12.5. The number of hydrogen-bond donors (Lipinski definition) is 2. The van der Waals surface area contributed by atoms with Gasteiger partial charge in [0.05, 0.1) is 17.7 Å². The first-order chi connectivity index (χ1) is 12.7. The Morgan fingerprint density at radius 2 is 1.92 bits per heavy atom. The van der Waals surface area contributed by atoms with Crippen LogP contribution in [0.4, 0.5) is 5.69 Å². The first-order valence-corrected chi connectivity index (χ1v) is 9.20. The second-order valence-electron chi connectivity index (χ2n) is 6.34. The number of nitrogens with zero attached hydrogens (tertiary/aromatic N) is 1. The largest absolute Gasteiger partial charge is 0.497 e. The Bertz CT molecular complexity index is 743. The quantitative estimate of drug-likeness (QED) is 0.817. The zero-order valence-corrected chi connectivity index (χ0v) is 15.7. The highest BCUT2D eigenvalue weighted by Crippen LogP contribution is 2.23. The van der Waals surface area contributed by atoms with Crippen molar-refractivity contribution in [2.45, 2.75) is 6.42 Å². The molecule has 0 spiro atoms. The number of anilines is 1. The van der Waals surface area contributed by atoms with Crippen LogP contribution in [-0.4, -0.2) is 50.6 Å². The van der Waals surface area contributed by atoms with E-state index in [2.05, 4.69) is 27.7 Å². The highest BCUT2D eigenvalue weighted by Gasteiger charge is 2.12. The van der Waals surface area contributed by atoms with Crippen LogP contribution in [0.1, 0.15) is 15.9 Å².